The van der Waals surface area contributed by atoms with E-state index in [9.17, 15) is 4.39 Å². The standard InChI is InChI=1S/C14H21FN2O/c1-17-8-3-4-11(17)7-9-18-14-6-2-5-13(15)12(14)10-16/h2,5-6,11H,3-4,7-10,16H2,1H3. The number of nitrogens with two attached hydrogens (primary N) is 1. The minimum Gasteiger partial charge on any atom is -0.493 e. The Morgan fingerprint density at radius 2 is 2.33 bits per heavy atom. The smallest absolute Gasteiger partial charge is 0.131 e. The normalized spacial score (nSPS) is 20.3. The van der Waals surface area contributed by atoms with Crippen molar-refractivity contribution in [2.75, 3.05) is 20.2 Å². The molecule has 1 aromatic carbocycles. The summed E-state index contributed by atoms with van der Waals surface area (Å²) in [6.45, 7) is 1.95. The summed E-state index contributed by atoms with van der Waals surface area (Å²) >= 11 is 0. The van der Waals surface area contributed by atoms with Crippen LogP contribution in [0.5, 0.6) is 5.75 Å². The van der Waals surface area contributed by atoms with Crippen LogP contribution in [-0.4, -0.2) is 31.1 Å². The summed E-state index contributed by atoms with van der Waals surface area (Å²) in [4.78, 5) is 2.36. The largest absolute Gasteiger partial charge is 0.493 e. The molecule has 0 aliphatic carbocycles. The Morgan fingerprint density at radius 3 is 3.00 bits per heavy atom. The lowest BCUT2D eigenvalue weighted by atomic mass is 10.1. The molecule has 1 aromatic rings. The molecule has 1 aliphatic rings. The van der Waals surface area contributed by atoms with Crippen LogP contribution in [0.4, 0.5) is 4.39 Å². The summed E-state index contributed by atoms with van der Waals surface area (Å²) < 4.78 is 19.1. The predicted octanol–water partition coefficient (Wildman–Crippen LogP) is 2.15. The molecule has 1 aliphatic heterocycles. The quantitative estimate of drug-likeness (QED) is 0.872. The molecule has 3 nitrogen and oxygen atoms in total. The van der Waals surface area contributed by atoms with E-state index in [0.717, 1.165) is 6.42 Å². The van der Waals surface area contributed by atoms with Gasteiger partial charge in [0.25, 0.3) is 0 Å². The average Bonchev–Trinajstić information content (AvgIpc) is 2.75. The highest BCUT2D eigenvalue weighted by molar-refractivity contribution is 5.34. The van der Waals surface area contributed by atoms with Crippen LogP contribution in [0.25, 0.3) is 0 Å². The van der Waals surface area contributed by atoms with Gasteiger partial charge < -0.3 is 15.4 Å². The third-order valence-electron chi connectivity index (χ3n) is 3.66. The second kappa shape index (κ2) is 6.16. The van der Waals surface area contributed by atoms with Crippen LogP contribution in [0.1, 0.15) is 24.8 Å². The number of ether oxygens (including phenoxy) is 1. The molecule has 4 heteroatoms. The lowest BCUT2D eigenvalue weighted by Gasteiger charge is -2.19. The number of hydrogen-bond donors (Lipinski definition) is 1. The first-order chi connectivity index (χ1) is 8.72. The average molecular weight is 252 g/mol. The second-order valence-electron chi connectivity index (χ2n) is 4.83. The fourth-order valence-electron chi connectivity index (χ4n) is 2.52. The molecule has 0 amide bonds. The van der Waals surface area contributed by atoms with Gasteiger partial charge in [0.15, 0.2) is 0 Å². The SMILES string of the molecule is CN1CCCC1CCOc1cccc(F)c1CN. The van der Waals surface area contributed by atoms with Crippen LogP contribution in [-0.2, 0) is 6.54 Å². The van der Waals surface area contributed by atoms with E-state index in [1.54, 1.807) is 12.1 Å². The molecule has 1 saturated heterocycles. The molecule has 0 radical (unpaired) electrons. The highest BCUT2D eigenvalue weighted by Crippen LogP contribution is 2.22. The zero-order valence-electron chi connectivity index (χ0n) is 10.9. The first kappa shape index (κ1) is 13.3. The molecular formula is C14H21FN2O. The van der Waals surface area contributed by atoms with Gasteiger partial charge in [-0.15, -0.1) is 0 Å². The molecule has 1 atom stereocenters. The number of likely N-dealkylation sites (tertiary alicyclic amines) is 1. The zero-order valence-corrected chi connectivity index (χ0v) is 10.9. The van der Waals surface area contributed by atoms with E-state index in [4.69, 9.17) is 10.5 Å². The Bertz CT molecular complexity index is 397. The van der Waals surface area contributed by atoms with E-state index < -0.39 is 0 Å². The van der Waals surface area contributed by atoms with Gasteiger partial charge in [0, 0.05) is 18.2 Å². The van der Waals surface area contributed by atoms with Gasteiger partial charge in [-0.2, -0.15) is 0 Å². The monoisotopic (exact) mass is 252 g/mol. The number of rotatable bonds is 5. The summed E-state index contributed by atoms with van der Waals surface area (Å²) in [6, 6.07) is 5.45. The molecule has 1 heterocycles. The molecule has 1 fully saturated rings. The maximum atomic E-state index is 13.5. The molecular weight excluding hydrogens is 231 g/mol. The van der Waals surface area contributed by atoms with E-state index in [-0.39, 0.29) is 12.4 Å². The topological polar surface area (TPSA) is 38.5 Å². The first-order valence-corrected chi connectivity index (χ1v) is 6.53. The summed E-state index contributed by atoms with van der Waals surface area (Å²) in [6.07, 6.45) is 3.47. The van der Waals surface area contributed by atoms with Gasteiger partial charge >= 0.3 is 0 Å². The second-order valence-corrected chi connectivity index (χ2v) is 4.83. The Balaban J connectivity index is 1.88. The lowest BCUT2D eigenvalue weighted by Crippen LogP contribution is -2.26. The highest BCUT2D eigenvalue weighted by atomic mass is 19.1. The number of hydrogen-bond acceptors (Lipinski definition) is 3. The van der Waals surface area contributed by atoms with Gasteiger partial charge in [-0.25, -0.2) is 4.39 Å². The van der Waals surface area contributed by atoms with Crippen molar-refractivity contribution in [2.45, 2.75) is 31.8 Å². The van der Waals surface area contributed by atoms with Crippen molar-refractivity contribution >= 4 is 0 Å². The number of nitrogens with zero attached hydrogens (tertiary/aromatic N) is 1. The third-order valence-corrected chi connectivity index (χ3v) is 3.66. The minimum absolute atomic E-state index is 0.172. The van der Waals surface area contributed by atoms with Gasteiger partial charge in [0.1, 0.15) is 11.6 Å². The van der Waals surface area contributed by atoms with Crippen molar-refractivity contribution in [3.8, 4) is 5.75 Å². The zero-order chi connectivity index (χ0) is 13.0. The van der Waals surface area contributed by atoms with E-state index in [1.165, 1.54) is 25.5 Å². The molecule has 100 valence electrons. The van der Waals surface area contributed by atoms with Crippen LogP contribution in [0.15, 0.2) is 18.2 Å². The third kappa shape index (κ3) is 3.00. The molecule has 0 bridgehead atoms. The predicted molar refractivity (Wildman–Crippen MR) is 70.1 cm³/mol. The fraction of sp³-hybridized carbons (Fsp3) is 0.571. The molecule has 0 saturated carbocycles. The van der Waals surface area contributed by atoms with Crippen molar-refractivity contribution in [1.82, 2.24) is 4.90 Å². The summed E-state index contributed by atoms with van der Waals surface area (Å²) in [5.74, 6) is 0.297. The Labute approximate surface area is 108 Å². The van der Waals surface area contributed by atoms with Crippen LogP contribution >= 0.6 is 0 Å². The van der Waals surface area contributed by atoms with Crippen LogP contribution < -0.4 is 10.5 Å². The Hall–Kier alpha value is -1.13. The van der Waals surface area contributed by atoms with E-state index >= 15 is 0 Å². The fourth-order valence-corrected chi connectivity index (χ4v) is 2.52. The van der Waals surface area contributed by atoms with Gasteiger partial charge in [-0.1, -0.05) is 6.07 Å². The first-order valence-electron chi connectivity index (χ1n) is 6.53. The Kier molecular flexibility index (Phi) is 4.55. The molecule has 0 spiro atoms. The van der Waals surface area contributed by atoms with Crippen molar-refractivity contribution < 1.29 is 9.13 Å². The number of halogens is 1. The van der Waals surface area contributed by atoms with E-state index in [0.29, 0.717) is 24.0 Å². The van der Waals surface area contributed by atoms with E-state index in [1.807, 2.05) is 0 Å². The van der Waals surface area contributed by atoms with Crippen LogP contribution in [0, 0.1) is 5.82 Å². The van der Waals surface area contributed by atoms with Crippen LogP contribution in [0.2, 0.25) is 0 Å². The van der Waals surface area contributed by atoms with Crippen molar-refractivity contribution in [3.63, 3.8) is 0 Å². The number of benzene rings is 1. The minimum atomic E-state index is -0.284. The molecule has 0 aromatic heterocycles. The highest BCUT2D eigenvalue weighted by Gasteiger charge is 2.20. The summed E-state index contributed by atoms with van der Waals surface area (Å²) in [5, 5.41) is 0. The maximum Gasteiger partial charge on any atom is 0.131 e. The molecule has 2 rings (SSSR count). The van der Waals surface area contributed by atoms with Crippen molar-refractivity contribution in [3.05, 3.63) is 29.6 Å². The molecule has 1 unspecified atom stereocenters. The maximum absolute atomic E-state index is 13.5. The van der Waals surface area contributed by atoms with Gasteiger partial charge in [0.2, 0.25) is 0 Å². The van der Waals surface area contributed by atoms with Crippen LogP contribution in [0.3, 0.4) is 0 Å². The summed E-state index contributed by atoms with van der Waals surface area (Å²) in [5.41, 5.74) is 6.01. The Morgan fingerprint density at radius 1 is 1.50 bits per heavy atom. The lowest BCUT2D eigenvalue weighted by molar-refractivity contribution is 0.231. The summed E-state index contributed by atoms with van der Waals surface area (Å²) in [7, 11) is 2.14. The van der Waals surface area contributed by atoms with Gasteiger partial charge in [-0.3, -0.25) is 0 Å². The molecule has 2 N–H and O–H groups in total. The van der Waals surface area contributed by atoms with E-state index in [2.05, 4.69) is 11.9 Å². The van der Waals surface area contributed by atoms with Gasteiger partial charge in [-0.05, 0) is 45.0 Å². The van der Waals surface area contributed by atoms with Gasteiger partial charge in [0.05, 0.1) is 6.61 Å². The molecule has 18 heavy (non-hydrogen) atoms. The van der Waals surface area contributed by atoms with Crippen molar-refractivity contribution in [2.24, 2.45) is 5.73 Å². The van der Waals surface area contributed by atoms with Crippen molar-refractivity contribution in [1.29, 1.82) is 0 Å².